The van der Waals surface area contributed by atoms with Gasteiger partial charge in [-0.15, -0.1) is 12.7 Å². The van der Waals surface area contributed by atoms with Crippen molar-refractivity contribution in [3.8, 4) is 0 Å². The average Bonchev–Trinajstić information content (AvgIpc) is 3.18. The summed E-state index contributed by atoms with van der Waals surface area (Å²) >= 11 is 0. The lowest BCUT2D eigenvalue weighted by Gasteiger charge is -2.40. The van der Waals surface area contributed by atoms with Crippen LogP contribution in [0.1, 0.15) is 0 Å². The van der Waals surface area contributed by atoms with Crippen LogP contribution in [0.15, 0.2) is 68.0 Å². The Morgan fingerprint density at radius 2 is 1.26 bits per heavy atom. The molecule has 0 saturated carbocycles. The van der Waals surface area contributed by atoms with Crippen LogP contribution in [0, 0.1) is 0 Å². The molecule has 3 rings (SSSR count). The molecule has 0 unspecified atom stereocenters. The van der Waals surface area contributed by atoms with Crippen molar-refractivity contribution in [2.45, 2.75) is 6.32 Å². The van der Waals surface area contributed by atoms with Gasteiger partial charge in [0.25, 0.3) is 0 Å². The number of aromatic nitrogens is 6. The Hall–Kier alpha value is -2.57. The lowest BCUT2D eigenvalue weighted by molar-refractivity contribution is 0.722. The average molecular weight is 253 g/mol. The summed E-state index contributed by atoms with van der Waals surface area (Å²) in [4.78, 5) is 0. The van der Waals surface area contributed by atoms with Crippen molar-refractivity contribution in [3.05, 3.63) is 68.0 Å². The van der Waals surface area contributed by atoms with Crippen LogP contribution in [0.3, 0.4) is 0 Å². The molecule has 0 atom stereocenters. The van der Waals surface area contributed by atoms with Gasteiger partial charge in [0.1, 0.15) is 0 Å². The highest BCUT2D eigenvalue weighted by molar-refractivity contribution is 6.74. The van der Waals surface area contributed by atoms with Crippen LogP contribution in [-0.2, 0) is 0 Å². The van der Waals surface area contributed by atoms with E-state index in [1.807, 2.05) is 56.6 Å². The topological polar surface area (TPSA) is 53.5 Å². The first-order chi connectivity index (χ1) is 9.38. The van der Waals surface area contributed by atoms with Crippen molar-refractivity contribution in [1.29, 1.82) is 0 Å². The minimum absolute atomic E-state index is 0.672. The van der Waals surface area contributed by atoms with Gasteiger partial charge in [-0.3, -0.25) is 0 Å². The zero-order valence-electron chi connectivity index (χ0n) is 10.4. The number of allylic oxidation sites excluding steroid dienone is 1. The first-order valence-electron chi connectivity index (χ1n) is 6.15. The SMILES string of the molecule is C=CC[B-](n1cccn1)(n1cccn1)n1cccn1. The first kappa shape index (κ1) is 11.5. The molecule has 0 aliphatic heterocycles. The van der Waals surface area contributed by atoms with E-state index < -0.39 is 6.55 Å². The van der Waals surface area contributed by atoms with Crippen LogP contribution in [0.5, 0.6) is 0 Å². The van der Waals surface area contributed by atoms with Gasteiger partial charge in [-0.2, -0.15) is 0 Å². The Bertz CT molecular complexity index is 542. The molecule has 96 valence electrons. The van der Waals surface area contributed by atoms with E-state index >= 15 is 0 Å². The zero-order chi connectivity index (χ0) is 13.1. The van der Waals surface area contributed by atoms with E-state index in [-0.39, 0.29) is 0 Å². The highest BCUT2D eigenvalue weighted by atomic mass is 15.5. The maximum absolute atomic E-state index is 4.39. The largest absolute Gasteiger partial charge is 0.400 e. The minimum Gasteiger partial charge on any atom is -0.400 e. The van der Waals surface area contributed by atoms with Gasteiger partial charge in [-0.05, 0) is 36.8 Å². The van der Waals surface area contributed by atoms with Gasteiger partial charge in [0.05, 0.1) is 0 Å². The summed E-state index contributed by atoms with van der Waals surface area (Å²) in [5.41, 5.74) is 0. The zero-order valence-corrected chi connectivity index (χ0v) is 10.4. The summed E-state index contributed by atoms with van der Waals surface area (Å²) in [5, 5.41) is 13.2. The highest BCUT2D eigenvalue weighted by Gasteiger charge is 2.33. The Morgan fingerprint density at radius 1 is 0.842 bits per heavy atom. The molecule has 0 N–H and O–H groups in total. The molecule has 3 aromatic rings. The standard InChI is InChI=1S/C12H14BN6/c1-2-6-13(17-10-3-7-14-17,18-11-4-8-15-18)19-12-5-9-16-19/h2-5,7-12H,1,6H2/q-1. The molecule has 0 radical (unpaired) electrons. The van der Waals surface area contributed by atoms with E-state index in [1.54, 1.807) is 18.6 Å². The van der Waals surface area contributed by atoms with Crippen molar-refractivity contribution in [2.24, 2.45) is 0 Å². The summed E-state index contributed by atoms with van der Waals surface area (Å²) in [7, 11) is 0. The fraction of sp³-hybridized carbons (Fsp3) is 0.0833. The summed E-state index contributed by atoms with van der Waals surface area (Å²) < 4.78 is 5.67. The van der Waals surface area contributed by atoms with Gasteiger partial charge in [-0.25, -0.2) is 15.3 Å². The second-order valence-corrected chi connectivity index (χ2v) is 4.38. The lowest BCUT2D eigenvalue weighted by Crippen LogP contribution is -2.58. The van der Waals surface area contributed by atoms with E-state index in [9.17, 15) is 0 Å². The smallest absolute Gasteiger partial charge is 0.343 e. The third-order valence-electron chi connectivity index (χ3n) is 3.33. The molecule has 0 spiro atoms. The summed E-state index contributed by atoms with van der Waals surface area (Å²) in [6, 6.07) is 5.69. The molecule has 0 fully saturated rings. The highest BCUT2D eigenvalue weighted by Crippen LogP contribution is 2.16. The Kier molecular flexibility index (Phi) is 2.79. The maximum Gasteiger partial charge on any atom is 0.343 e. The minimum atomic E-state index is -1.49. The summed E-state index contributed by atoms with van der Waals surface area (Å²) in [6.45, 7) is 2.38. The fourth-order valence-electron chi connectivity index (χ4n) is 2.49. The molecule has 0 aromatic carbocycles. The Morgan fingerprint density at radius 3 is 1.53 bits per heavy atom. The third-order valence-corrected chi connectivity index (χ3v) is 3.33. The molecule has 0 aliphatic carbocycles. The van der Waals surface area contributed by atoms with Gasteiger partial charge >= 0.3 is 6.55 Å². The fourth-order valence-corrected chi connectivity index (χ4v) is 2.49. The Labute approximate surface area is 110 Å². The van der Waals surface area contributed by atoms with E-state index in [0.717, 1.165) is 0 Å². The van der Waals surface area contributed by atoms with Crippen LogP contribution in [0.25, 0.3) is 0 Å². The molecule has 3 heterocycles. The molecule has 19 heavy (non-hydrogen) atoms. The predicted octanol–water partition coefficient (Wildman–Crippen LogP) is 1.35. The van der Waals surface area contributed by atoms with Crippen molar-refractivity contribution < 1.29 is 0 Å². The second-order valence-electron chi connectivity index (χ2n) is 4.38. The quantitative estimate of drug-likeness (QED) is 0.509. The van der Waals surface area contributed by atoms with Crippen LogP contribution >= 0.6 is 0 Å². The van der Waals surface area contributed by atoms with Crippen molar-refractivity contribution >= 4 is 6.55 Å². The molecule has 3 aromatic heterocycles. The lowest BCUT2D eigenvalue weighted by atomic mass is 9.56. The van der Waals surface area contributed by atoms with E-state index in [4.69, 9.17) is 0 Å². The van der Waals surface area contributed by atoms with E-state index in [2.05, 4.69) is 21.9 Å². The number of nitrogens with zero attached hydrogens (tertiary/aromatic N) is 6. The van der Waals surface area contributed by atoms with E-state index in [0.29, 0.717) is 6.32 Å². The van der Waals surface area contributed by atoms with Crippen LogP contribution < -0.4 is 0 Å². The number of hydrogen-bond acceptors (Lipinski definition) is 3. The Balaban J connectivity index is 2.26. The molecule has 0 aliphatic rings. The van der Waals surface area contributed by atoms with Crippen molar-refractivity contribution in [1.82, 2.24) is 29.1 Å². The van der Waals surface area contributed by atoms with E-state index in [1.165, 1.54) is 0 Å². The predicted molar refractivity (Wildman–Crippen MR) is 73.6 cm³/mol. The van der Waals surface area contributed by atoms with Gasteiger partial charge in [0.15, 0.2) is 0 Å². The molecule has 0 bridgehead atoms. The monoisotopic (exact) mass is 253 g/mol. The summed E-state index contributed by atoms with van der Waals surface area (Å²) in [6.07, 6.45) is 13.6. The summed E-state index contributed by atoms with van der Waals surface area (Å²) in [5.74, 6) is 0. The van der Waals surface area contributed by atoms with Crippen molar-refractivity contribution in [2.75, 3.05) is 0 Å². The second kappa shape index (κ2) is 4.60. The van der Waals surface area contributed by atoms with Crippen LogP contribution in [-0.4, -0.2) is 35.6 Å². The molecular weight excluding hydrogens is 239 g/mol. The molecule has 6 nitrogen and oxygen atoms in total. The maximum atomic E-state index is 4.39. The van der Waals surface area contributed by atoms with Crippen LogP contribution in [0.4, 0.5) is 0 Å². The molecular formula is C12H14BN6-. The third kappa shape index (κ3) is 1.70. The van der Waals surface area contributed by atoms with Crippen molar-refractivity contribution in [3.63, 3.8) is 0 Å². The molecule has 0 amide bonds. The van der Waals surface area contributed by atoms with Gasteiger partial charge in [0.2, 0.25) is 0 Å². The van der Waals surface area contributed by atoms with Gasteiger partial charge in [0, 0.05) is 18.6 Å². The number of hydrogen-bond donors (Lipinski definition) is 0. The molecule has 0 saturated heterocycles. The first-order valence-corrected chi connectivity index (χ1v) is 6.15. The normalized spacial score (nSPS) is 11.6. The number of rotatable bonds is 5. The van der Waals surface area contributed by atoms with Crippen LogP contribution in [0.2, 0.25) is 6.32 Å². The van der Waals surface area contributed by atoms with Gasteiger partial charge < -0.3 is 13.8 Å². The van der Waals surface area contributed by atoms with Gasteiger partial charge in [-0.1, -0.05) is 6.32 Å². The molecule has 7 heteroatoms.